The third-order valence-corrected chi connectivity index (χ3v) is 3.61. The van der Waals surface area contributed by atoms with Crippen LogP contribution in [0.3, 0.4) is 0 Å². The van der Waals surface area contributed by atoms with Crippen LogP contribution in [0, 0.1) is 12.7 Å². The summed E-state index contributed by atoms with van der Waals surface area (Å²) in [7, 11) is 0. The van der Waals surface area contributed by atoms with Gasteiger partial charge in [-0.3, -0.25) is 4.79 Å². The Kier molecular flexibility index (Phi) is 5.88. The van der Waals surface area contributed by atoms with Gasteiger partial charge in [-0.25, -0.2) is 19.0 Å². The molecule has 7 nitrogen and oxygen atoms in total. The van der Waals surface area contributed by atoms with Crippen molar-refractivity contribution in [3.8, 4) is 5.82 Å². The van der Waals surface area contributed by atoms with Gasteiger partial charge >= 0.3 is 0 Å². The first-order valence-electron chi connectivity index (χ1n) is 8.42. The molecule has 0 saturated heterocycles. The van der Waals surface area contributed by atoms with Crippen molar-refractivity contribution in [2.45, 2.75) is 6.92 Å². The normalized spacial score (nSPS) is 10.9. The van der Waals surface area contributed by atoms with E-state index in [1.165, 1.54) is 18.2 Å². The lowest BCUT2D eigenvalue weighted by atomic mass is 10.2. The summed E-state index contributed by atoms with van der Waals surface area (Å²) in [6.45, 7) is 2.67. The van der Waals surface area contributed by atoms with Crippen molar-refractivity contribution in [3.05, 3.63) is 72.1 Å². The monoisotopic (exact) mass is 366 g/mol. The summed E-state index contributed by atoms with van der Waals surface area (Å²) in [6, 6.07) is 9.86. The third-order valence-electron chi connectivity index (χ3n) is 3.61. The number of carbonyl (C=O) groups excluding carboxylic acids is 1. The molecule has 0 fully saturated rings. The minimum Gasteiger partial charge on any atom is -0.368 e. The zero-order valence-electron chi connectivity index (χ0n) is 14.8. The smallest absolute Gasteiger partial charge is 0.244 e. The molecule has 3 rings (SSSR count). The fourth-order valence-corrected chi connectivity index (χ4v) is 2.38. The molecule has 0 aliphatic rings. The van der Waals surface area contributed by atoms with E-state index in [0.29, 0.717) is 36.1 Å². The van der Waals surface area contributed by atoms with Gasteiger partial charge in [0.1, 0.15) is 17.5 Å². The number of hydrogen-bond donors (Lipinski definition) is 2. The van der Waals surface area contributed by atoms with E-state index < -0.39 is 0 Å². The Hall–Kier alpha value is -3.55. The molecule has 138 valence electrons. The van der Waals surface area contributed by atoms with Crippen molar-refractivity contribution >= 4 is 17.8 Å². The molecule has 0 aliphatic carbocycles. The van der Waals surface area contributed by atoms with Crippen LogP contribution in [-0.4, -0.2) is 38.7 Å². The van der Waals surface area contributed by atoms with E-state index in [2.05, 4.69) is 25.7 Å². The molecule has 3 aromatic rings. The lowest BCUT2D eigenvalue weighted by Gasteiger charge is -2.09. The standard InChI is InChI=1S/C19H19FN6O/c1-14-24-17(13-18(25-14)26-12-4-9-23-26)21-10-11-22-19(27)8-7-15-5-2-3-6-16(15)20/h2-9,12-13H,10-11H2,1H3,(H,22,27)(H,21,24,25)/b8-7+. The number of carbonyl (C=O) groups is 1. The molecule has 2 aromatic heterocycles. The molecule has 0 spiro atoms. The first kappa shape index (κ1) is 18.2. The van der Waals surface area contributed by atoms with Crippen LogP contribution >= 0.6 is 0 Å². The zero-order chi connectivity index (χ0) is 19.1. The number of benzene rings is 1. The van der Waals surface area contributed by atoms with E-state index in [0.717, 1.165) is 0 Å². The minimum absolute atomic E-state index is 0.295. The number of aromatic nitrogens is 4. The van der Waals surface area contributed by atoms with Gasteiger partial charge in [0.05, 0.1) is 0 Å². The average Bonchev–Trinajstić information content (AvgIpc) is 3.19. The molecule has 0 radical (unpaired) electrons. The van der Waals surface area contributed by atoms with Crippen LogP contribution in [0.4, 0.5) is 10.2 Å². The molecular weight excluding hydrogens is 347 g/mol. The maximum absolute atomic E-state index is 13.5. The van der Waals surface area contributed by atoms with E-state index in [1.54, 1.807) is 48.3 Å². The predicted molar refractivity (Wildman–Crippen MR) is 101 cm³/mol. The van der Waals surface area contributed by atoms with Crippen LogP contribution < -0.4 is 10.6 Å². The number of aryl methyl sites for hydroxylation is 1. The molecule has 0 aliphatic heterocycles. The summed E-state index contributed by atoms with van der Waals surface area (Å²) < 4.78 is 15.1. The molecule has 8 heteroatoms. The Labute approximate surface area is 156 Å². The van der Waals surface area contributed by atoms with Gasteiger partial charge < -0.3 is 10.6 Å². The molecule has 1 aromatic carbocycles. The zero-order valence-corrected chi connectivity index (χ0v) is 14.8. The van der Waals surface area contributed by atoms with Gasteiger partial charge in [-0.1, -0.05) is 18.2 Å². The summed E-state index contributed by atoms with van der Waals surface area (Å²) in [4.78, 5) is 20.5. The quantitative estimate of drug-likeness (QED) is 0.495. The molecule has 0 bridgehead atoms. The SMILES string of the molecule is Cc1nc(NCCNC(=O)/C=C/c2ccccc2F)cc(-n2cccn2)n1. The highest BCUT2D eigenvalue weighted by atomic mass is 19.1. The molecule has 0 atom stereocenters. The van der Waals surface area contributed by atoms with Crippen LogP contribution in [0.15, 0.2) is 54.9 Å². The second kappa shape index (κ2) is 8.70. The number of halogens is 1. The van der Waals surface area contributed by atoms with Gasteiger partial charge in [-0.2, -0.15) is 5.10 Å². The molecule has 2 N–H and O–H groups in total. The van der Waals surface area contributed by atoms with Crippen molar-refractivity contribution in [1.29, 1.82) is 0 Å². The number of rotatable bonds is 7. The third kappa shape index (κ3) is 5.21. The second-order valence-electron chi connectivity index (χ2n) is 5.68. The van der Waals surface area contributed by atoms with Crippen LogP contribution in [0.25, 0.3) is 11.9 Å². The average molecular weight is 366 g/mol. The van der Waals surface area contributed by atoms with Crippen LogP contribution in [0.5, 0.6) is 0 Å². The number of amides is 1. The summed E-state index contributed by atoms with van der Waals surface area (Å²) in [6.07, 6.45) is 6.23. The van der Waals surface area contributed by atoms with E-state index in [9.17, 15) is 9.18 Å². The van der Waals surface area contributed by atoms with Gasteiger partial charge in [-0.15, -0.1) is 0 Å². The molecule has 2 heterocycles. The lowest BCUT2D eigenvalue weighted by Crippen LogP contribution is -2.27. The summed E-state index contributed by atoms with van der Waals surface area (Å²) in [5.41, 5.74) is 0.369. The second-order valence-corrected chi connectivity index (χ2v) is 5.68. The first-order chi connectivity index (χ1) is 13.1. The maximum atomic E-state index is 13.5. The van der Waals surface area contributed by atoms with Crippen molar-refractivity contribution in [2.24, 2.45) is 0 Å². The van der Waals surface area contributed by atoms with Crippen LogP contribution in [0.2, 0.25) is 0 Å². The van der Waals surface area contributed by atoms with E-state index >= 15 is 0 Å². The fourth-order valence-electron chi connectivity index (χ4n) is 2.38. The lowest BCUT2D eigenvalue weighted by molar-refractivity contribution is -0.116. The van der Waals surface area contributed by atoms with Crippen molar-refractivity contribution in [3.63, 3.8) is 0 Å². The molecule has 0 unspecified atom stereocenters. The Morgan fingerprint density at radius 2 is 2.07 bits per heavy atom. The van der Waals surface area contributed by atoms with Gasteiger partial charge in [0.2, 0.25) is 5.91 Å². The van der Waals surface area contributed by atoms with Crippen molar-refractivity contribution in [1.82, 2.24) is 25.1 Å². The van der Waals surface area contributed by atoms with Crippen molar-refractivity contribution < 1.29 is 9.18 Å². The molecule has 0 saturated carbocycles. The number of hydrogen-bond acceptors (Lipinski definition) is 5. The van der Waals surface area contributed by atoms with Gasteiger partial charge in [-0.05, 0) is 25.1 Å². The maximum Gasteiger partial charge on any atom is 0.244 e. The summed E-state index contributed by atoms with van der Waals surface area (Å²) in [5.74, 6) is 1.25. The molecule has 1 amide bonds. The summed E-state index contributed by atoms with van der Waals surface area (Å²) in [5, 5.41) is 10.0. The predicted octanol–water partition coefficient (Wildman–Crippen LogP) is 2.35. The van der Waals surface area contributed by atoms with Gasteiger partial charge in [0.25, 0.3) is 0 Å². The van der Waals surface area contributed by atoms with Crippen LogP contribution in [-0.2, 0) is 4.79 Å². The van der Waals surface area contributed by atoms with E-state index in [-0.39, 0.29) is 11.7 Å². The first-order valence-corrected chi connectivity index (χ1v) is 8.42. The van der Waals surface area contributed by atoms with Crippen LogP contribution in [0.1, 0.15) is 11.4 Å². The number of nitrogens with one attached hydrogen (secondary N) is 2. The summed E-state index contributed by atoms with van der Waals surface area (Å²) >= 11 is 0. The van der Waals surface area contributed by atoms with E-state index in [1.807, 2.05) is 6.07 Å². The largest absolute Gasteiger partial charge is 0.368 e. The molecule has 27 heavy (non-hydrogen) atoms. The van der Waals surface area contributed by atoms with E-state index in [4.69, 9.17) is 0 Å². The highest BCUT2D eigenvalue weighted by molar-refractivity contribution is 5.91. The topological polar surface area (TPSA) is 84.7 Å². The highest BCUT2D eigenvalue weighted by Crippen LogP contribution is 2.10. The van der Waals surface area contributed by atoms with Gasteiger partial charge in [0, 0.05) is 43.2 Å². The van der Waals surface area contributed by atoms with Gasteiger partial charge in [0.15, 0.2) is 5.82 Å². The number of anilines is 1. The highest BCUT2D eigenvalue weighted by Gasteiger charge is 2.04. The molecular formula is C19H19FN6O. The Morgan fingerprint density at radius 3 is 2.85 bits per heavy atom. The fraction of sp³-hybridized carbons (Fsp3) is 0.158. The van der Waals surface area contributed by atoms with Crippen molar-refractivity contribution in [2.75, 3.05) is 18.4 Å². The Morgan fingerprint density at radius 1 is 1.22 bits per heavy atom. The Balaban J connectivity index is 1.49. The minimum atomic E-state index is -0.365. The Bertz CT molecular complexity index is 939. The number of nitrogens with zero attached hydrogens (tertiary/aromatic N) is 4.